The van der Waals surface area contributed by atoms with Gasteiger partial charge in [-0.3, -0.25) is 4.79 Å². The fraction of sp³-hybridized carbons (Fsp3) is 0.111. The second-order valence-corrected chi connectivity index (χ2v) is 5.01. The van der Waals surface area contributed by atoms with Crippen molar-refractivity contribution >= 4 is 23.8 Å². The van der Waals surface area contributed by atoms with Gasteiger partial charge in [0.25, 0.3) is 0 Å². The molecule has 0 saturated heterocycles. The van der Waals surface area contributed by atoms with Crippen LogP contribution in [0.5, 0.6) is 5.75 Å². The number of hydrogen-bond acceptors (Lipinski definition) is 5. The van der Waals surface area contributed by atoms with E-state index in [9.17, 15) is 14.0 Å². The minimum Gasteiger partial charge on any atom is -0.496 e. The number of carbonyl (C=O) groups excluding carboxylic acids is 2. The molecule has 1 aliphatic carbocycles. The molecule has 0 aromatic heterocycles. The second kappa shape index (κ2) is 6.16. The molecule has 0 amide bonds. The molecular formula is C18H13FO5. The van der Waals surface area contributed by atoms with Crippen LogP contribution < -0.4 is 4.74 Å². The minimum atomic E-state index is -0.836. The van der Waals surface area contributed by atoms with Crippen LogP contribution in [0.3, 0.4) is 0 Å². The molecule has 0 bridgehead atoms. The minimum absolute atomic E-state index is 0.0370. The van der Waals surface area contributed by atoms with Crippen LogP contribution in [0.2, 0.25) is 0 Å². The van der Waals surface area contributed by atoms with Gasteiger partial charge in [-0.15, -0.1) is 0 Å². The number of rotatable bonds is 4. The van der Waals surface area contributed by atoms with Gasteiger partial charge in [-0.2, -0.15) is 0 Å². The summed E-state index contributed by atoms with van der Waals surface area (Å²) in [4.78, 5) is 23.8. The van der Waals surface area contributed by atoms with E-state index in [1.807, 2.05) is 0 Å². The molecule has 0 saturated carbocycles. The van der Waals surface area contributed by atoms with Gasteiger partial charge >= 0.3 is 6.16 Å². The number of ether oxygens (including phenoxy) is 3. The molecule has 0 atom stereocenters. The van der Waals surface area contributed by atoms with E-state index in [0.717, 1.165) is 0 Å². The van der Waals surface area contributed by atoms with Crippen LogP contribution in [-0.4, -0.2) is 26.2 Å². The van der Waals surface area contributed by atoms with Crippen LogP contribution >= 0.6 is 0 Å². The van der Waals surface area contributed by atoms with Gasteiger partial charge < -0.3 is 14.2 Å². The second-order valence-electron chi connectivity index (χ2n) is 5.01. The highest BCUT2D eigenvalue weighted by Gasteiger charge is 2.26. The molecule has 0 unspecified atom stereocenters. The van der Waals surface area contributed by atoms with Gasteiger partial charge in [0.2, 0.25) is 0 Å². The summed E-state index contributed by atoms with van der Waals surface area (Å²) >= 11 is 0. The van der Waals surface area contributed by atoms with Gasteiger partial charge in [0.15, 0.2) is 5.78 Å². The van der Waals surface area contributed by atoms with Crippen LogP contribution in [0.15, 0.2) is 36.4 Å². The zero-order valence-corrected chi connectivity index (χ0v) is 13.0. The quantitative estimate of drug-likeness (QED) is 0.633. The molecule has 0 aliphatic heterocycles. The Balaban J connectivity index is 1.97. The Bertz CT molecular complexity index is 870. The summed E-state index contributed by atoms with van der Waals surface area (Å²) in [5.74, 6) is -0.498. The summed E-state index contributed by atoms with van der Waals surface area (Å²) in [5.41, 5.74) is 1.50. The molecule has 0 radical (unpaired) electrons. The lowest BCUT2D eigenvalue weighted by Crippen LogP contribution is -2.12. The first kappa shape index (κ1) is 15.7. The van der Waals surface area contributed by atoms with E-state index in [1.165, 1.54) is 32.4 Å². The molecule has 0 N–H and O–H groups in total. The number of carbonyl (C=O) groups is 2. The van der Waals surface area contributed by atoms with Gasteiger partial charge in [-0.25, -0.2) is 9.18 Å². The first-order valence-electron chi connectivity index (χ1n) is 7.04. The highest BCUT2D eigenvalue weighted by atomic mass is 19.1. The zero-order valence-electron chi connectivity index (χ0n) is 13.0. The van der Waals surface area contributed by atoms with Crippen molar-refractivity contribution in [3.63, 3.8) is 0 Å². The molecule has 24 heavy (non-hydrogen) atoms. The van der Waals surface area contributed by atoms with Crippen LogP contribution in [0.1, 0.15) is 27.0 Å². The molecule has 2 aromatic rings. The van der Waals surface area contributed by atoms with E-state index in [2.05, 4.69) is 4.74 Å². The van der Waals surface area contributed by atoms with Crippen molar-refractivity contribution in [1.29, 1.82) is 0 Å². The fourth-order valence-electron chi connectivity index (χ4n) is 2.42. The Morgan fingerprint density at radius 2 is 1.79 bits per heavy atom. The number of ketones is 1. The monoisotopic (exact) mass is 328 g/mol. The van der Waals surface area contributed by atoms with Gasteiger partial charge in [0.1, 0.15) is 17.3 Å². The molecule has 0 fully saturated rings. The highest BCUT2D eigenvalue weighted by Crippen LogP contribution is 2.39. The normalized spacial score (nSPS) is 11.7. The summed E-state index contributed by atoms with van der Waals surface area (Å²) in [6.07, 6.45) is 0.751. The van der Waals surface area contributed by atoms with Crippen molar-refractivity contribution in [1.82, 2.24) is 0 Å². The average Bonchev–Trinajstić information content (AvgIpc) is 2.58. The Morgan fingerprint density at radius 3 is 2.46 bits per heavy atom. The summed E-state index contributed by atoms with van der Waals surface area (Å²) in [7, 11) is 2.61. The number of methoxy groups -OCH3 is 2. The molecular weight excluding hydrogens is 315 g/mol. The summed E-state index contributed by atoms with van der Waals surface area (Å²) in [6.45, 7) is 0. The lowest BCUT2D eigenvalue weighted by atomic mass is 9.90. The highest BCUT2D eigenvalue weighted by molar-refractivity contribution is 6.12. The SMILES string of the molecule is COC(=O)OC1=Cc2cc(C(=O)c3ccccc3F)c(OC)cc21. The Labute approximate surface area is 137 Å². The van der Waals surface area contributed by atoms with E-state index in [4.69, 9.17) is 9.47 Å². The first-order chi connectivity index (χ1) is 11.5. The van der Waals surface area contributed by atoms with Crippen LogP contribution in [0.25, 0.3) is 11.8 Å². The van der Waals surface area contributed by atoms with Crippen LogP contribution in [-0.2, 0) is 9.47 Å². The molecule has 1 aliphatic rings. The fourth-order valence-corrected chi connectivity index (χ4v) is 2.42. The lowest BCUT2D eigenvalue weighted by molar-refractivity contribution is 0.103. The van der Waals surface area contributed by atoms with E-state index in [1.54, 1.807) is 24.3 Å². The molecule has 6 heteroatoms. The van der Waals surface area contributed by atoms with E-state index < -0.39 is 17.8 Å². The molecule has 122 valence electrons. The Kier molecular flexibility index (Phi) is 4.04. The van der Waals surface area contributed by atoms with Crippen molar-refractivity contribution < 1.29 is 28.2 Å². The topological polar surface area (TPSA) is 61.8 Å². The predicted molar refractivity (Wildman–Crippen MR) is 84.2 cm³/mol. The van der Waals surface area contributed by atoms with Crippen molar-refractivity contribution in [2.24, 2.45) is 0 Å². The number of halogens is 1. The third-order valence-electron chi connectivity index (χ3n) is 3.65. The molecule has 2 aromatic carbocycles. The van der Waals surface area contributed by atoms with Crippen molar-refractivity contribution in [2.45, 2.75) is 0 Å². The lowest BCUT2D eigenvalue weighted by Gasteiger charge is -2.21. The smallest absolute Gasteiger partial charge is 0.496 e. The predicted octanol–water partition coefficient (Wildman–Crippen LogP) is 3.66. The van der Waals surface area contributed by atoms with Crippen LogP contribution in [0.4, 0.5) is 9.18 Å². The molecule has 5 nitrogen and oxygen atoms in total. The molecule has 0 spiro atoms. The van der Waals surface area contributed by atoms with Crippen molar-refractivity contribution in [3.05, 3.63) is 64.5 Å². The molecule has 0 heterocycles. The standard InChI is InChI=1S/C18H13FO5/c1-22-15-9-12-10(8-16(12)24-18(21)23-2)7-13(15)17(20)11-5-3-4-6-14(11)19/h3-9H,1-2H3. The van der Waals surface area contributed by atoms with Gasteiger partial charge in [0, 0.05) is 5.56 Å². The van der Waals surface area contributed by atoms with Gasteiger partial charge in [-0.05, 0) is 35.9 Å². The van der Waals surface area contributed by atoms with E-state index in [0.29, 0.717) is 16.9 Å². The first-order valence-corrected chi connectivity index (χ1v) is 7.04. The summed E-state index contributed by atoms with van der Waals surface area (Å²) in [5, 5.41) is 0. The Hall–Kier alpha value is -3.15. The molecule has 3 rings (SSSR count). The van der Waals surface area contributed by atoms with Crippen molar-refractivity contribution in [3.8, 4) is 5.75 Å². The number of fused-ring (bicyclic) bond motifs is 1. The largest absolute Gasteiger partial charge is 0.513 e. The maximum absolute atomic E-state index is 13.9. The Morgan fingerprint density at radius 1 is 1.04 bits per heavy atom. The van der Waals surface area contributed by atoms with E-state index in [-0.39, 0.29) is 16.9 Å². The third kappa shape index (κ3) is 2.62. The number of benzene rings is 2. The van der Waals surface area contributed by atoms with Crippen molar-refractivity contribution in [2.75, 3.05) is 14.2 Å². The number of hydrogen-bond donors (Lipinski definition) is 0. The third-order valence-corrected chi connectivity index (χ3v) is 3.65. The summed E-state index contributed by atoms with van der Waals surface area (Å²) in [6, 6.07) is 8.89. The van der Waals surface area contributed by atoms with Crippen LogP contribution in [0, 0.1) is 5.82 Å². The maximum atomic E-state index is 13.9. The average molecular weight is 328 g/mol. The van der Waals surface area contributed by atoms with E-state index >= 15 is 0 Å². The maximum Gasteiger partial charge on any atom is 0.513 e. The zero-order chi connectivity index (χ0) is 17.3. The van der Waals surface area contributed by atoms with Gasteiger partial charge in [0.05, 0.1) is 25.3 Å². The van der Waals surface area contributed by atoms with Gasteiger partial charge in [-0.1, -0.05) is 12.1 Å². The summed E-state index contributed by atoms with van der Waals surface area (Å²) < 4.78 is 28.5.